The molecule has 3 N–H and O–H groups in total. The molecule has 0 fully saturated rings. The van der Waals surface area contributed by atoms with Crippen molar-refractivity contribution in [1.29, 1.82) is 0 Å². The maximum atomic E-state index is 10.5. The summed E-state index contributed by atoms with van der Waals surface area (Å²) in [7, 11) is 0. The summed E-state index contributed by atoms with van der Waals surface area (Å²) < 4.78 is 0. The van der Waals surface area contributed by atoms with Gasteiger partial charge >= 0.3 is 5.97 Å². The van der Waals surface area contributed by atoms with Crippen LogP contribution >= 0.6 is 11.8 Å². The molecule has 0 aromatic heterocycles. The number of hydrogen-bond donors (Lipinski definition) is 3. The van der Waals surface area contributed by atoms with Crippen LogP contribution in [-0.2, 0) is 4.79 Å². The zero-order valence-electron chi connectivity index (χ0n) is 8.53. The van der Waals surface area contributed by atoms with Gasteiger partial charge < -0.3 is 10.3 Å². The zero-order valence-corrected chi connectivity index (χ0v) is 9.35. The first-order chi connectivity index (χ1) is 6.72. The first kappa shape index (κ1) is 13.7. The fourth-order valence-electron chi connectivity index (χ4n) is 1.19. The molecule has 0 radical (unpaired) electrons. The summed E-state index contributed by atoms with van der Waals surface area (Å²) in [5.74, 6) is 0.178. The van der Waals surface area contributed by atoms with Crippen molar-refractivity contribution in [3.05, 3.63) is 0 Å². The van der Waals surface area contributed by atoms with Crippen LogP contribution in [0.4, 0.5) is 0 Å². The number of unbranched alkanes of at least 4 members (excludes halogenated alkanes) is 3. The second-order valence-corrected chi connectivity index (χ2v) is 4.20. The van der Waals surface area contributed by atoms with E-state index in [4.69, 9.17) is 10.3 Å². The summed E-state index contributed by atoms with van der Waals surface area (Å²) in [6.45, 7) is 0. The van der Waals surface area contributed by atoms with Crippen molar-refractivity contribution in [2.45, 2.75) is 38.1 Å². The third kappa shape index (κ3) is 7.17. The topological polar surface area (TPSA) is 69.6 Å². The van der Waals surface area contributed by atoms with Gasteiger partial charge in [0, 0.05) is 0 Å². The van der Waals surface area contributed by atoms with Gasteiger partial charge in [0.1, 0.15) is 6.04 Å². The second-order valence-electron chi connectivity index (χ2n) is 3.22. The molecule has 0 heterocycles. The van der Waals surface area contributed by atoms with Crippen molar-refractivity contribution in [3.63, 3.8) is 0 Å². The minimum atomic E-state index is -0.989. The Morgan fingerprint density at radius 1 is 1.36 bits per heavy atom. The van der Waals surface area contributed by atoms with Gasteiger partial charge in [0.25, 0.3) is 0 Å². The molecule has 0 aliphatic heterocycles. The molecule has 84 valence electrons. The van der Waals surface area contributed by atoms with E-state index >= 15 is 0 Å². The predicted molar refractivity (Wildman–Crippen MR) is 57.8 cm³/mol. The number of carboxylic acid groups (broad SMARTS) is 1. The Hall–Kier alpha value is -0.260. The van der Waals surface area contributed by atoms with Crippen molar-refractivity contribution in [2.75, 3.05) is 12.0 Å². The molecule has 1 atom stereocenters. The molecule has 0 spiro atoms. The lowest BCUT2D eigenvalue weighted by Gasteiger charge is -2.08. The monoisotopic (exact) mass is 221 g/mol. The molecule has 0 saturated carbocycles. The Kier molecular flexibility index (Phi) is 9.13. The first-order valence-corrected chi connectivity index (χ1v) is 6.23. The highest BCUT2D eigenvalue weighted by Crippen LogP contribution is 2.08. The van der Waals surface area contributed by atoms with E-state index in [-0.39, 0.29) is 0 Å². The number of hydrogen-bond acceptors (Lipinski definition) is 4. The Morgan fingerprint density at radius 3 is 2.50 bits per heavy atom. The number of aliphatic carboxylic acids is 1. The van der Waals surface area contributed by atoms with Gasteiger partial charge in [-0.3, -0.25) is 4.79 Å². The van der Waals surface area contributed by atoms with Crippen molar-refractivity contribution >= 4 is 17.7 Å². The van der Waals surface area contributed by atoms with E-state index in [2.05, 4.69) is 6.26 Å². The fraction of sp³-hybridized carbons (Fsp3) is 0.889. The number of carboxylic acids is 1. The highest BCUT2D eigenvalue weighted by Gasteiger charge is 2.14. The summed E-state index contributed by atoms with van der Waals surface area (Å²) in [6.07, 6.45) is 6.77. The molecule has 0 aliphatic rings. The van der Waals surface area contributed by atoms with Gasteiger partial charge in [0.05, 0.1) is 0 Å². The van der Waals surface area contributed by atoms with Crippen molar-refractivity contribution in [2.24, 2.45) is 0 Å². The molecule has 0 aromatic carbocycles. The van der Waals surface area contributed by atoms with E-state index in [1.807, 2.05) is 11.8 Å². The Balaban J connectivity index is 3.29. The first-order valence-electron chi connectivity index (χ1n) is 4.83. The second kappa shape index (κ2) is 9.30. The van der Waals surface area contributed by atoms with Crippen LogP contribution in [0.15, 0.2) is 0 Å². The lowest BCUT2D eigenvalue weighted by Crippen LogP contribution is -2.34. The molecular formula is C9H19NO3S. The van der Waals surface area contributed by atoms with Gasteiger partial charge in [0.2, 0.25) is 0 Å². The number of nitrogens with one attached hydrogen (secondary N) is 1. The predicted octanol–water partition coefficient (Wildman–Crippen LogP) is 1.73. The number of carbonyl (C=O) groups is 1. The van der Waals surface area contributed by atoms with Crippen LogP contribution in [0, 0.1) is 0 Å². The Labute approximate surface area is 89.0 Å². The minimum Gasteiger partial charge on any atom is -0.480 e. The molecule has 14 heavy (non-hydrogen) atoms. The molecule has 0 bridgehead atoms. The lowest BCUT2D eigenvalue weighted by molar-refractivity contribution is -0.142. The van der Waals surface area contributed by atoms with Crippen molar-refractivity contribution < 1.29 is 15.1 Å². The van der Waals surface area contributed by atoms with Crippen molar-refractivity contribution in [1.82, 2.24) is 5.48 Å². The lowest BCUT2D eigenvalue weighted by atomic mass is 10.1. The molecule has 0 aromatic rings. The minimum absolute atomic E-state index is 0.491. The highest BCUT2D eigenvalue weighted by molar-refractivity contribution is 7.98. The maximum absolute atomic E-state index is 10.5. The van der Waals surface area contributed by atoms with Gasteiger partial charge in [-0.15, -0.1) is 0 Å². The van der Waals surface area contributed by atoms with Crippen LogP contribution in [0.2, 0.25) is 0 Å². The highest BCUT2D eigenvalue weighted by atomic mass is 32.2. The average molecular weight is 221 g/mol. The van der Waals surface area contributed by atoms with Crippen LogP contribution in [-0.4, -0.2) is 34.3 Å². The molecular weight excluding hydrogens is 202 g/mol. The smallest absolute Gasteiger partial charge is 0.323 e. The van der Waals surface area contributed by atoms with Crippen LogP contribution in [0.5, 0.6) is 0 Å². The van der Waals surface area contributed by atoms with E-state index in [1.54, 1.807) is 5.48 Å². The number of rotatable bonds is 9. The van der Waals surface area contributed by atoms with Gasteiger partial charge in [0.15, 0.2) is 0 Å². The van der Waals surface area contributed by atoms with Crippen LogP contribution in [0.3, 0.4) is 0 Å². The fourth-order valence-corrected chi connectivity index (χ4v) is 1.68. The third-order valence-corrected chi connectivity index (χ3v) is 2.74. The number of hydroxylamine groups is 1. The molecule has 1 unspecified atom stereocenters. The van der Waals surface area contributed by atoms with E-state index in [0.717, 1.165) is 19.3 Å². The molecule has 0 aliphatic carbocycles. The van der Waals surface area contributed by atoms with E-state index in [1.165, 1.54) is 12.2 Å². The average Bonchev–Trinajstić information content (AvgIpc) is 2.16. The van der Waals surface area contributed by atoms with Crippen LogP contribution in [0.1, 0.15) is 32.1 Å². The molecule has 5 heteroatoms. The molecule has 0 amide bonds. The molecule has 0 saturated heterocycles. The normalized spacial score (nSPS) is 12.7. The summed E-state index contributed by atoms with van der Waals surface area (Å²) in [5, 5.41) is 17.1. The zero-order chi connectivity index (χ0) is 10.8. The van der Waals surface area contributed by atoms with Crippen molar-refractivity contribution in [3.8, 4) is 0 Å². The van der Waals surface area contributed by atoms with E-state index in [9.17, 15) is 4.79 Å². The summed E-state index contributed by atoms with van der Waals surface area (Å²) in [4.78, 5) is 10.5. The van der Waals surface area contributed by atoms with Gasteiger partial charge in [-0.2, -0.15) is 17.2 Å². The molecule has 0 rings (SSSR count). The maximum Gasteiger partial charge on any atom is 0.323 e. The van der Waals surface area contributed by atoms with Gasteiger partial charge in [-0.25, -0.2) is 0 Å². The standard InChI is InChI=1S/C9H19NO3S/c1-14-7-5-3-2-4-6-8(10-13)9(11)12/h8,10,13H,2-7H2,1H3,(H,11,12). The SMILES string of the molecule is CSCCCCCCC(NO)C(=O)O. The summed E-state index contributed by atoms with van der Waals surface area (Å²) >= 11 is 1.83. The Morgan fingerprint density at radius 2 is 2.00 bits per heavy atom. The quantitative estimate of drug-likeness (QED) is 0.408. The summed E-state index contributed by atoms with van der Waals surface area (Å²) in [6, 6.07) is -0.810. The number of thioether (sulfide) groups is 1. The third-order valence-electron chi connectivity index (χ3n) is 2.05. The molecule has 4 nitrogen and oxygen atoms in total. The van der Waals surface area contributed by atoms with Crippen LogP contribution in [0.25, 0.3) is 0 Å². The van der Waals surface area contributed by atoms with E-state index in [0.29, 0.717) is 6.42 Å². The Bertz CT molecular complexity index is 155. The largest absolute Gasteiger partial charge is 0.480 e. The van der Waals surface area contributed by atoms with Gasteiger partial charge in [-0.05, 0) is 24.9 Å². The van der Waals surface area contributed by atoms with Crippen LogP contribution < -0.4 is 5.48 Å². The summed E-state index contributed by atoms with van der Waals surface area (Å²) in [5.41, 5.74) is 1.80. The van der Waals surface area contributed by atoms with E-state index < -0.39 is 12.0 Å². The van der Waals surface area contributed by atoms with Gasteiger partial charge in [-0.1, -0.05) is 19.3 Å².